The van der Waals surface area contributed by atoms with Gasteiger partial charge in [-0.2, -0.15) is 0 Å². The average molecular weight is 374 g/mol. The van der Waals surface area contributed by atoms with Gasteiger partial charge in [0, 0.05) is 53.2 Å². The van der Waals surface area contributed by atoms with Crippen molar-refractivity contribution in [2.75, 3.05) is 40.3 Å². The summed E-state index contributed by atoms with van der Waals surface area (Å²) in [6.45, 7) is 3.91. The van der Waals surface area contributed by atoms with Gasteiger partial charge in [0.2, 0.25) is 11.8 Å². The third-order valence-electron chi connectivity index (χ3n) is 5.43. The Hall–Kier alpha value is -1.96. The summed E-state index contributed by atoms with van der Waals surface area (Å²) in [5.41, 5.74) is 2.68. The Morgan fingerprint density at radius 3 is 2.44 bits per heavy atom. The van der Waals surface area contributed by atoms with E-state index in [0.29, 0.717) is 39.0 Å². The van der Waals surface area contributed by atoms with Crippen LogP contribution in [0, 0.1) is 0 Å². The fourth-order valence-electron chi connectivity index (χ4n) is 3.74. The molecule has 2 N–H and O–H groups in total. The molecule has 2 aliphatic heterocycles. The molecule has 0 bridgehead atoms. The molecule has 0 saturated carbocycles. The number of benzene rings is 1. The third-order valence-corrected chi connectivity index (χ3v) is 5.43. The minimum absolute atomic E-state index is 0.0205. The van der Waals surface area contributed by atoms with Gasteiger partial charge in [-0.1, -0.05) is 24.3 Å². The summed E-state index contributed by atoms with van der Waals surface area (Å²) in [5, 5.41) is 13.3. The van der Waals surface area contributed by atoms with Crippen LogP contribution >= 0.6 is 0 Å². The molecule has 0 unspecified atom stereocenters. The fraction of sp³-hybridized carbons (Fsp3) is 0.600. The lowest BCUT2D eigenvalue weighted by Gasteiger charge is -2.36. The van der Waals surface area contributed by atoms with Crippen LogP contribution in [-0.4, -0.2) is 84.0 Å². The van der Waals surface area contributed by atoms with Crippen LogP contribution in [-0.2, 0) is 22.7 Å². The highest BCUT2D eigenvalue weighted by atomic mass is 16.3. The van der Waals surface area contributed by atoms with E-state index in [1.165, 1.54) is 11.1 Å². The molecule has 0 aliphatic carbocycles. The van der Waals surface area contributed by atoms with Crippen molar-refractivity contribution in [2.45, 2.75) is 38.1 Å². The van der Waals surface area contributed by atoms with Crippen LogP contribution in [0.25, 0.3) is 0 Å². The maximum atomic E-state index is 12.3. The molecule has 2 amide bonds. The predicted octanol–water partition coefficient (Wildman–Crippen LogP) is 0.0319. The first kappa shape index (κ1) is 19.8. The van der Waals surface area contributed by atoms with Gasteiger partial charge in [-0.25, -0.2) is 0 Å². The minimum Gasteiger partial charge on any atom is -0.390 e. The summed E-state index contributed by atoms with van der Waals surface area (Å²) in [4.78, 5) is 29.9. The van der Waals surface area contributed by atoms with Crippen LogP contribution < -0.4 is 5.32 Å². The largest absolute Gasteiger partial charge is 0.390 e. The van der Waals surface area contributed by atoms with E-state index in [4.69, 9.17) is 0 Å². The number of piperidine rings is 1. The lowest BCUT2D eigenvalue weighted by atomic mass is 10.0. The molecular weight excluding hydrogens is 344 g/mol. The van der Waals surface area contributed by atoms with E-state index in [0.717, 1.165) is 13.1 Å². The van der Waals surface area contributed by atoms with Gasteiger partial charge in [0.25, 0.3) is 0 Å². The highest BCUT2D eigenvalue weighted by Crippen LogP contribution is 2.22. The number of fused-ring (bicyclic) bond motifs is 1. The number of aliphatic hydroxyl groups excluding tert-OH is 1. The van der Waals surface area contributed by atoms with Crippen molar-refractivity contribution in [1.29, 1.82) is 0 Å². The highest BCUT2D eigenvalue weighted by Gasteiger charge is 2.30. The molecule has 2 heterocycles. The van der Waals surface area contributed by atoms with Crippen molar-refractivity contribution in [3.8, 4) is 0 Å². The number of aliphatic hydroxyl groups is 1. The molecule has 1 aromatic rings. The van der Waals surface area contributed by atoms with Gasteiger partial charge in [0.1, 0.15) is 0 Å². The Morgan fingerprint density at radius 1 is 1.19 bits per heavy atom. The molecule has 0 spiro atoms. The van der Waals surface area contributed by atoms with E-state index in [1.807, 2.05) is 4.90 Å². The minimum atomic E-state index is -0.645. The Morgan fingerprint density at radius 2 is 1.85 bits per heavy atom. The van der Waals surface area contributed by atoms with Crippen LogP contribution in [0.5, 0.6) is 0 Å². The molecule has 148 valence electrons. The maximum Gasteiger partial charge on any atom is 0.236 e. The quantitative estimate of drug-likeness (QED) is 0.735. The number of hydrogen-bond acceptors (Lipinski definition) is 5. The number of rotatable bonds is 6. The summed E-state index contributed by atoms with van der Waals surface area (Å²) in [6, 6.07) is 8.14. The van der Waals surface area contributed by atoms with Crippen molar-refractivity contribution >= 4 is 11.8 Å². The van der Waals surface area contributed by atoms with E-state index in [2.05, 4.69) is 34.5 Å². The molecule has 3 rings (SSSR count). The van der Waals surface area contributed by atoms with Gasteiger partial charge in [-0.05, 0) is 17.5 Å². The van der Waals surface area contributed by atoms with Crippen LogP contribution in [0.3, 0.4) is 0 Å². The monoisotopic (exact) mass is 374 g/mol. The van der Waals surface area contributed by atoms with E-state index in [9.17, 15) is 14.7 Å². The number of hydrogen-bond donors (Lipinski definition) is 2. The second-order valence-corrected chi connectivity index (χ2v) is 7.78. The summed E-state index contributed by atoms with van der Waals surface area (Å²) in [5.74, 6) is 0.00381. The molecule has 2 atom stereocenters. The van der Waals surface area contributed by atoms with E-state index in [1.54, 1.807) is 19.0 Å². The van der Waals surface area contributed by atoms with Crippen LogP contribution in [0.1, 0.15) is 24.0 Å². The molecule has 1 saturated heterocycles. The molecule has 27 heavy (non-hydrogen) atoms. The Labute approximate surface area is 160 Å². The van der Waals surface area contributed by atoms with Gasteiger partial charge < -0.3 is 15.3 Å². The Kier molecular flexibility index (Phi) is 6.46. The summed E-state index contributed by atoms with van der Waals surface area (Å²) >= 11 is 0. The summed E-state index contributed by atoms with van der Waals surface area (Å²) in [6.07, 6.45) is 0.441. The number of β-amino-alcohol motifs (C(OH)–C–C–N with tert-alkyl or cyclic N) is 1. The summed E-state index contributed by atoms with van der Waals surface area (Å²) < 4.78 is 0. The average Bonchev–Trinajstić information content (AvgIpc) is 3.05. The number of likely N-dealkylation sites (N-methyl/N-ethyl adjacent to an activating group) is 1. The van der Waals surface area contributed by atoms with Crippen molar-refractivity contribution in [2.24, 2.45) is 0 Å². The van der Waals surface area contributed by atoms with Crippen LogP contribution in [0.2, 0.25) is 0 Å². The maximum absolute atomic E-state index is 12.3. The first-order valence-corrected chi connectivity index (χ1v) is 9.61. The standard InChI is InChI=1S/C20H30N4O3/c1-22(2)20(27)14-24-9-7-17(18(25)13-24)21-19(26)8-10-23-11-15-5-3-4-6-16(15)12-23/h3-6,17-18,25H,7-14H2,1-2H3,(H,21,26)/t17-,18-/m1/s1. The molecule has 0 aromatic heterocycles. The van der Waals surface area contributed by atoms with Crippen LogP contribution in [0.15, 0.2) is 24.3 Å². The number of likely N-dealkylation sites (tertiary alicyclic amines) is 1. The zero-order valence-corrected chi connectivity index (χ0v) is 16.2. The van der Waals surface area contributed by atoms with Crippen molar-refractivity contribution in [1.82, 2.24) is 20.0 Å². The number of amides is 2. The van der Waals surface area contributed by atoms with Crippen molar-refractivity contribution in [3.05, 3.63) is 35.4 Å². The topological polar surface area (TPSA) is 76.1 Å². The second kappa shape index (κ2) is 8.82. The zero-order chi connectivity index (χ0) is 19.4. The molecular formula is C20H30N4O3. The van der Waals surface area contributed by atoms with Gasteiger partial charge in [-0.15, -0.1) is 0 Å². The van der Waals surface area contributed by atoms with E-state index >= 15 is 0 Å². The molecule has 2 aliphatic rings. The van der Waals surface area contributed by atoms with Crippen molar-refractivity contribution < 1.29 is 14.7 Å². The first-order chi connectivity index (χ1) is 12.9. The number of nitrogens with one attached hydrogen (secondary N) is 1. The van der Waals surface area contributed by atoms with Gasteiger partial charge in [0.15, 0.2) is 0 Å². The number of carbonyl (C=O) groups is 2. The SMILES string of the molecule is CN(C)C(=O)CN1CC[C@@H](NC(=O)CCN2Cc3ccccc3C2)[C@H](O)C1. The third kappa shape index (κ3) is 5.28. The number of carbonyl (C=O) groups excluding carboxylic acids is 2. The molecule has 1 aromatic carbocycles. The van der Waals surface area contributed by atoms with Gasteiger partial charge in [0.05, 0.1) is 18.7 Å². The number of nitrogens with zero attached hydrogens (tertiary/aromatic N) is 3. The van der Waals surface area contributed by atoms with E-state index in [-0.39, 0.29) is 17.9 Å². The second-order valence-electron chi connectivity index (χ2n) is 7.78. The molecule has 0 radical (unpaired) electrons. The summed E-state index contributed by atoms with van der Waals surface area (Å²) in [7, 11) is 3.45. The first-order valence-electron chi connectivity index (χ1n) is 9.61. The van der Waals surface area contributed by atoms with Gasteiger partial charge >= 0.3 is 0 Å². The fourth-order valence-corrected chi connectivity index (χ4v) is 3.74. The molecule has 1 fully saturated rings. The smallest absolute Gasteiger partial charge is 0.236 e. The molecule has 7 heteroatoms. The van der Waals surface area contributed by atoms with E-state index < -0.39 is 6.10 Å². The lowest BCUT2D eigenvalue weighted by Crippen LogP contribution is -2.55. The zero-order valence-electron chi connectivity index (χ0n) is 16.2. The molecule has 7 nitrogen and oxygen atoms in total. The van der Waals surface area contributed by atoms with Gasteiger partial charge in [-0.3, -0.25) is 19.4 Å². The lowest BCUT2D eigenvalue weighted by molar-refractivity contribution is -0.131. The Balaban J connectivity index is 1.38. The predicted molar refractivity (Wildman–Crippen MR) is 103 cm³/mol. The van der Waals surface area contributed by atoms with Crippen LogP contribution in [0.4, 0.5) is 0 Å². The normalized spacial score (nSPS) is 23.1. The Bertz CT molecular complexity index is 654. The van der Waals surface area contributed by atoms with Crippen molar-refractivity contribution in [3.63, 3.8) is 0 Å². The highest BCUT2D eigenvalue weighted by molar-refractivity contribution is 5.78.